The largest absolute Gasteiger partial charge is 0.329 e. The fourth-order valence-corrected chi connectivity index (χ4v) is 2.80. The van der Waals surface area contributed by atoms with Crippen LogP contribution in [0.25, 0.3) is 0 Å². The molecule has 2 N–H and O–H groups in total. The topological polar surface area (TPSA) is 29.3 Å². The van der Waals surface area contributed by atoms with Gasteiger partial charge in [0.05, 0.1) is 0 Å². The van der Waals surface area contributed by atoms with Crippen molar-refractivity contribution in [3.63, 3.8) is 0 Å². The third-order valence-electron chi connectivity index (χ3n) is 4.39. The Morgan fingerprint density at radius 1 is 1.28 bits per heavy atom. The molecule has 0 amide bonds. The first-order valence-electron chi connectivity index (χ1n) is 8.00. The molecule has 0 spiro atoms. The molecule has 108 valence electrons. The third-order valence-corrected chi connectivity index (χ3v) is 4.39. The average Bonchev–Trinajstić information content (AvgIpc) is 3.13. The lowest BCUT2D eigenvalue weighted by atomic mass is 9.91. The molecule has 0 aromatic rings. The smallest absolute Gasteiger partial charge is 0.0306 e. The van der Waals surface area contributed by atoms with Gasteiger partial charge in [0.15, 0.2) is 0 Å². The molecule has 0 radical (unpaired) electrons. The Morgan fingerprint density at radius 2 is 1.94 bits per heavy atom. The van der Waals surface area contributed by atoms with E-state index in [9.17, 15) is 0 Å². The molecule has 1 fully saturated rings. The summed E-state index contributed by atoms with van der Waals surface area (Å²) in [5.41, 5.74) is 6.36. The van der Waals surface area contributed by atoms with Crippen LogP contribution >= 0.6 is 0 Å². The van der Waals surface area contributed by atoms with Crippen molar-refractivity contribution >= 4 is 0 Å². The highest BCUT2D eigenvalue weighted by molar-refractivity contribution is 4.96. The number of nitrogens with two attached hydrogens (primary N) is 1. The molecule has 1 aliphatic rings. The fraction of sp³-hybridized carbons (Fsp3) is 1.00. The normalized spacial score (nSPS) is 19.5. The van der Waals surface area contributed by atoms with Gasteiger partial charge in [-0.25, -0.2) is 0 Å². The molecule has 1 unspecified atom stereocenters. The maximum Gasteiger partial charge on any atom is 0.0306 e. The molecule has 1 aliphatic carbocycles. The maximum absolute atomic E-state index is 6.12. The Kier molecular flexibility index (Phi) is 6.65. The lowest BCUT2D eigenvalue weighted by Gasteiger charge is -2.42. The number of rotatable bonds is 10. The molecule has 0 aromatic heterocycles. The number of unbranched alkanes of at least 4 members (excludes halogenated alkanes) is 2. The zero-order valence-corrected chi connectivity index (χ0v) is 13.0. The van der Waals surface area contributed by atoms with Gasteiger partial charge in [-0.15, -0.1) is 0 Å². The quantitative estimate of drug-likeness (QED) is 0.601. The van der Waals surface area contributed by atoms with Crippen molar-refractivity contribution in [2.75, 3.05) is 13.1 Å². The molecule has 1 saturated carbocycles. The van der Waals surface area contributed by atoms with Crippen molar-refractivity contribution in [2.24, 2.45) is 11.7 Å². The van der Waals surface area contributed by atoms with Crippen LogP contribution in [0.4, 0.5) is 0 Å². The van der Waals surface area contributed by atoms with Gasteiger partial charge in [0.2, 0.25) is 0 Å². The average molecular weight is 254 g/mol. The van der Waals surface area contributed by atoms with E-state index in [0.29, 0.717) is 0 Å². The minimum Gasteiger partial charge on any atom is -0.329 e. The monoisotopic (exact) mass is 254 g/mol. The molecule has 0 saturated heterocycles. The minimum atomic E-state index is 0.241. The molecular weight excluding hydrogens is 220 g/mol. The van der Waals surface area contributed by atoms with E-state index in [-0.39, 0.29) is 5.54 Å². The minimum absolute atomic E-state index is 0.241. The second kappa shape index (κ2) is 7.49. The first kappa shape index (κ1) is 16.0. The maximum atomic E-state index is 6.12. The summed E-state index contributed by atoms with van der Waals surface area (Å²) in [5.74, 6) is 0.795. The van der Waals surface area contributed by atoms with Gasteiger partial charge in [0, 0.05) is 18.1 Å². The van der Waals surface area contributed by atoms with Gasteiger partial charge < -0.3 is 5.73 Å². The van der Waals surface area contributed by atoms with Gasteiger partial charge in [-0.1, -0.05) is 40.0 Å². The van der Waals surface area contributed by atoms with Gasteiger partial charge in [0.25, 0.3) is 0 Å². The van der Waals surface area contributed by atoms with E-state index in [2.05, 4.69) is 32.6 Å². The van der Waals surface area contributed by atoms with E-state index in [1.165, 1.54) is 51.5 Å². The second-order valence-electron chi connectivity index (χ2n) is 6.77. The van der Waals surface area contributed by atoms with Crippen LogP contribution in [-0.2, 0) is 0 Å². The standard InChI is InChI=1S/C16H34N2/c1-5-6-7-11-16(4,13-17)18(15-8-9-15)12-10-14(2)3/h14-15H,5-13,17H2,1-4H3. The molecule has 2 heteroatoms. The van der Waals surface area contributed by atoms with Crippen molar-refractivity contribution in [1.29, 1.82) is 0 Å². The highest BCUT2D eigenvalue weighted by Crippen LogP contribution is 2.35. The van der Waals surface area contributed by atoms with E-state index in [0.717, 1.165) is 18.5 Å². The molecule has 2 nitrogen and oxygen atoms in total. The van der Waals surface area contributed by atoms with E-state index in [4.69, 9.17) is 5.73 Å². The number of hydrogen-bond donors (Lipinski definition) is 1. The summed E-state index contributed by atoms with van der Waals surface area (Å²) in [6, 6.07) is 0.832. The van der Waals surface area contributed by atoms with E-state index >= 15 is 0 Å². The first-order chi connectivity index (χ1) is 8.53. The first-order valence-corrected chi connectivity index (χ1v) is 8.00. The fourth-order valence-electron chi connectivity index (χ4n) is 2.80. The summed E-state index contributed by atoms with van der Waals surface area (Å²) in [4.78, 5) is 2.74. The van der Waals surface area contributed by atoms with Crippen LogP contribution in [0.3, 0.4) is 0 Å². The predicted octanol–water partition coefficient (Wildman–Crippen LogP) is 3.79. The van der Waals surface area contributed by atoms with Crippen LogP contribution < -0.4 is 5.73 Å². The highest BCUT2D eigenvalue weighted by atomic mass is 15.2. The van der Waals surface area contributed by atoms with Crippen LogP contribution in [0.5, 0.6) is 0 Å². The van der Waals surface area contributed by atoms with Crippen LogP contribution in [0, 0.1) is 5.92 Å². The summed E-state index contributed by atoms with van der Waals surface area (Å²) in [5, 5.41) is 0. The van der Waals surface area contributed by atoms with Crippen LogP contribution in [0.2, 0.25) is 0 Å². The van der Waals surface area contributed by atoms with Crippen molar-refractivity contribution in [2.45, 2.75) is 84.2 Å². The summed E-state index contributed by atoms with van der Waals surface area (Å²) in [6.07, 6.45) is 9.33. The van der Waals surface area contributed by atoms with Gasteiger partial charge in [0.1, 0.15) is 0 Å². The number of nitrogens with zero attached hydrogens (tertiary/aromatic N) is 1. The number of hydrogen-bond acceptors (Lipinski definition) is 2. The van der Waals surface area contributed by atoms with E-state index in [1.54, 1.807) is 0 Å². The molecule has 0 heterocycles. The zero-order valence-electron chi connectivity index (χ0n) is 13.0. The van der Waals surface area contributed by atoms with Gasteiger partial charge in [-0.3, -0.25) is 4.90 Å². The zero-order chi connectivity index (χ0) is 13.6. The van der Waals surface area contributed by atoms with Gasteiger partial charge in [-0.2, -0.15) is 0 Å². The molecule has 0 aromatic carbocycles. The molecule has 1 atom stereocenters. The van der Waals surface area contributed by atoms with Crippen LogP contribution in [0.1, 0.15) is 72.6 Å². The van der Waals surface area contributed by atoms with Crippen molar-refractivity contribution in [3.05, 3.63) is 0 Å². The van der Waals surface area contributed by atoms with Crippen molar-refractivity contribution < 1.29 is 0 Å². The van der Waals surface area contributed by atoms with E-state index in [1.807, 2.05) is 0 Å². The molecule has 0 aliphatic heterocycles. The Morgan fingerprint density at radius 3 is 2.39 bits per heavy atom. The highest BCUT2D eigenvalue weighted by Gasteiger charge is 2.39. The summed E-state index contributed by atoms with van der Waals surface area (Å²) >= 11 is 0. The van der Waals surface area contributed by atoms with Crippen molar-refractivity contribution in [1.82, 2.24) is 4.90 Å². The Balaban J connectivity index is 2.54. The Bertz CT molecular complexity index is 223. The van der Waals surface area contributed by atoms with Crippen LogP contribution in [0.15, 0.2) is 0 Å². The summed E-state index contributed by atoms with van der Waals surface area (Å²) in [7, 11) is 0. The van der Waals surface area contributed by atoms with Crippen LogP contribution in [-0.4, -0.2) is 29.6 Å². The molecular formula is C16H34N2. The Hall–Kier alpha value is -0.0800. The van der Waals surface area contributed by atoms with E-state index < -0.39 is 0 Å². The summed E-state index contributed by atoms with van der Waals surface area (Å²) < 4.78 is 0. The Labute approximate surface area is 114 Å². The van der Waals surface area contributed by atoms with Gasteiger partial charge in [-0.05, 0) is 45.1 Å². The van der Waals surface area contributed by atoms with Crippen molar-refractivity contribution in [3.8, 4) is 0 Å². The molecule has 0 bridgehead atoms. The SMILES string of the molecule is CCCCCC(C)(CN)N(CCC(C)C)C1CC1. The lowest BCUT2D eigenvalue weighted by molar-refractivity contribution is 0.0839. The second-order valence-corrected chi connectivity index (χ2v) is 6.77. The van der Waals surface area contributed by atoms with Gasteiger partial charge >= 0.3 is 0 Å². The summed E-state index contributed by atoms with van der Waals surface area (Å²) in [6.45, 7) is 11.4. The third kappa shape index (κ3) is 4.89. The molecule has 18 heavy (non-hydrogen) atoms. The molecule has 1 rings (SSSR count). The predicted molar refractivity (Wildman–Crippen MR) is 80.8 cm³/mol. The lowest BCUT2D eigenvalue weighted by Crippen LogP contribution is -2.53.